The molecule has 0 radical (unpaired) electrons. The van der Waals surface area contributed by atoms with Gasteiger partial charge in [-0.05, 0) is 24.8 Å². The summed E-state index contributed by atoms with van der Waals surface area (Å²) in [6.45, 7) is 5.96. The summed E-state index contributed by atoms with van der Waals surface area (Å²) in [4.78, 5) is 12.9. The van der Waals surface area contributed by atoms with Crippen LogP contribution in [0, 0.1) is 11.3 Å². The number of hydrogen-bond donors (Lipinski definition) is 1. The second kappa shape index (κ2) is 5.64. The van der Waals surface area contributed by atoms with Crippen LogP contribution in [0.3, 0.4) is 0 Å². The topological polar surface area (TPSA) is 68.1 Å². The predicted octanol–water partition coefficient (Wildman–Crippen LogP) is 3.46. The van der Waals surface area contributed by atoms with Gasteiger partial charge in [0.1, 0.15) is 0 Å². The zero-order chi connectivity index (χ0) is 16.7. The molecule has 1 saturated heterocycles. The van der Waals surface area contributed by atoms with Gasteiger partial charge in [-0.2, -0.15) is 0 Å². The van der Waals surface area contributed by atoms with Crippen LogP contribution in [-0.2, 0) is 19.9 Å². The molecule has 0 amide bonds. The molecule has 5 heteroatoms. The molecule has 2 fully saturated rings. The molecule has 1 aliphatic carbocycles. The summed E-state index contributed by atoms with van der Waals surface area (Å²) >= 11 is 0. The van der Waals surface area contributed by atoms with Gasteiger partial charge < -0.3 is 14.7 Å². The molecule has 3 rings (SSSR count). The molecule has 23 heavy (non-hydrogen) atoms. The Morgan fingerprint density at radius 1 is 1.26 bits per heavy atom. The summed E-state index contributed by atoms with van der Waals surface area (Å²) in [6.07, 6.45) is 1.36. The fourth-order valence-corrected chi connectivity index (χ4v) is 3.42. The van der Waals surface area contributed by atoms with Gasteiger partial charge in [0.15, 0.2) is 5.60 Å². The normalized spacial score (nSPS) is 33.2. The van der Waals surface area contributed by atoms with Crippen molar-refractivity contribution in [1.29, 1.82) is 0 Å². The Kier molecular flexibility index (Phi) is 3.92. The van der Waals surface area contributed by atoms with Crippen molar-refractivity contribution in [3.05, 3.63) is 35.9 Å². The van der Waals surface area contributed by atoms with Gasteiger partial charge in [0.05, 0.1) is 5.71 Å². The van der Waals surface area contributed by atoms with E-state index in [1.807, 2.05) is 51.1 Å². The molecule has 1 saturated carbocycles. The van der Waals surface area contributed by atoms with Crippen molar-refractivity contribution in [1.82, 2.24) is 0 Å². The second-order valence-corrected chi connectivity index (χ2v) is 7.43. The van der Waals surface area contributed by atoms with E-state index in [2.05, 4.69) is 5.16 Å². The number of carbonyl (C=O) groups excluding carboxylic acids is 1. The van der Waals surface area contributed by atoms with E-state index in [1.165, 1.54) is 0 Å². The van der Waals surface area contributed by atoms with Gasteiger partial charge in [-0.15, -0.1) is 0 Å². The van der Waals surface area contributed by atoms with E-state index in [4.69, 9.17) is 14.7 Å². The summed E-state index contributed by atoms with van der Waals surface area (Å²) in [6, 6.07) is 9.51. The highest BCUT2D eigenvalue weighted by Gasteiger charge is 2.59. The maximum Gasteiger partial charge on any atom is 0.345 e. The van der Waals surface area contributed by atoms with E-state index in [1.54, 1.807) is 0 Å². The van der Waals surface area contributed by atoms with Crippen LogP contribution >= 0.6 is 0 Å². The zero-order valence-electron chi connectivity index (χ0n) is 13.8. The molecule has 0 unspecified atom stereocenters. The number of rotatable bonds is 2. The highest BCUT2D eigenvalue weighted by Crippen LogP contribution is 2.49. The number of cyclic esters (lactones) is 1. The Morgan fingerprint density at radius 2 is 1.96 bits per heavy atom. The molecule has 1 aromatic carbocycles. The number of nitrogens with zero attached hydrogens (tertiary/aromatic N) is 1. The molecule has 2 aliphatic rings. The third-order valence-corrected chi connectivity index (χ3v) is 4.70. The lowest BCUT2D eigenvalue weighted by molar-refractivity contribution is -0.161. The maximum absolute atomic E-state index is 12.9. The first-order chi connectivity index (χ1) is 10.9. The smallest absolute Gasteiger partial charge is 0.345 e. The van der Waals surface area contributed by atoms with Crippen LogP contribution in [0.25, 0.3) is 0 Å². The minimum absolute atomic E-state index is 0.0874. The SMILES string of the molecule is CC(C)(C)[C@H]1OC(=O)[C@](c2ccccc2)([C@@H]2CCC(=NO)C2)O1. The van der Waals surface area contributed by atoms with Crippen LogP contribution in [-0.4, -0.2) is 23.2 Å². The number of hydrogen-bond acceptors (Lipinski definition) is 5. The molecular weight excluding hydrogens is 294 g/mol. The van der Waals surface area contributed by atoms with Crippen LogP contribution in [0.2, 0.25) is 0 Å². The number of ether oxygens (including phenoxy) is 2. The average molecular weight is 317 g/mol. The molecule has 0 aromatic heterocycles. The minimum Gasteiger partial charge on any atom is -0.433 e. The van der Waals surface area contributed by atoms with Crippen molar-refractivity contribution in [2.45, 2.75) is 51.9 Å². The fourth-order valence-electron chi connectivity index (χ4n) is 3.42. The Bertz CT molecular complexity index is 620. The first kappa shape index (κ1) is 16.0. The number of esters is 1. The number of benzene rings is 1. The monoisotopic (exact) mass is 317 g/mol. The molecule has 1 N–H and O–H groups in total. The van der Waals surface area contributed by atoms with Gasteiger partial charge >= 0.3 is 5.97 Å². The summed E-state index contributed by atoms with van der Waals surface area (Å²) in [5.74, 6) is -0.427. The molecule has 124 valence electrons. The quantitative estimate of drug-likeness (QED) is 0.515. The molecule has 1 heterocycles. The van der Waals surface area contributed by atoms with E-state index in [9.17, 15) is 4.79 Å². The van der Waals surface area contributed by atoms with E-state index in [0.29, 0.717) is 18.6 Å². The fraction of sp³-hybridized carbons (Fsp3) is 0.556. The Balaban J connectivity index is 2.04. The molecule has 0 bridgehead atoms. The molecule has 0 spiro atoms. The average Bonchev–Trinajstić information content (AvgIpc) is 3.12. The van der Waals surface area contributed by atoms with Crippen LogP contribution in [0.5, 0.6) is 0 Å². The van der Waals surface area contributed by atoms with Crippen molar-refractivity contribution >= 4 is 11.7 Å². The summed E-state index contributed by atoms with van der Waals surface area (Å²) in [5.41, 5.74) is 0.0894. The Hall–Kier alpha value is -1.88. The van der Waals surface area contributed by atoms with Crippen LogP contribution in [0.1, 0.15) is 45.6 Å². The zero-order valence-corrected chi connectivity index (χ0v) is 13.8. The molecular formula is C18H23NO4. The van der Waals surface area contributed by atoms with Crippen LogP contribution < -0.4 is 0 Å². The van der Waals surface area contributed by atoms with Gasteiger partial charge in [-0.3, -0.25) is 0 Å². The largest absolute Gasteiger partial charge is 0.433 e. The Morgan fingerprint density at radius 3 is 2.48 bits per heavy atom. The van der Waals surface area contributed by atoms with E-state index in [0.717, 1.165) is 12.0 Å². The lowest BCUT2D eigenvalue weighted by Crippen LogP contribution is -2.41. The van der Waals surface area contributed by atoms with Crippen LogP contribution in [0.15, 0.2) is 35.5 Å². The van der Waals surface area contributed by atoms with Gasteiger partial charge in [0, 0.05) is 11.3 Å². The molecule has 5 nitrogen and oxygen atoms in total. The van der Waals surface area contributed by atoms with Gasteiger partial charge in [-0.25, -0.2) is 4.79 Å². The number of oxime groups is 1. The number of carbonyl (C=O) groups is 1. The summed E-state index contributed by atoms with van der Waals surface area (Å²) in [7, 11) is 0. The third kappa shape index (κ3) is 2.63. The van der Waals surface area contributed by atoms with Crippen molar-refractivity contribution in [2.24, 2.45) is 16.5 Å². The van der Waals surface area contributed by atoms with E-state index in [-0.39, 0.29) is 17.3 Å². The van der Waals surface area contributed by atoms with Crippen molar-refractivity contribution in [2.75, 3.05) is 0 Å². The third-order valence-electron chi connectivity index (χ3n) is 4.70. The van der Waals surface area contributed by atoms with E-state index >= 15 is 0 Å². The summed E-state index contributed by atoms with van der Waals surface area (Å²) in [5, 5.41) is 12.4. The van der Waals surface area contributed by atoms with Gasteiger partial charge in [0.2, 0.25) is 6.29 Å². The van der Waals surface area contributed by atoms with E-state index < -0.39 is 11.9 Å². The first-order valence-electron chi connectivity index (χ1n) is 8.02. The second-order valence-electron chi connectivity index (χ2n) is 7.43. The highest BCUT2D eigenvalue weighted by atomic mass is 16.8. The van der Waals surface area contributed by atoms with Gasteiger partial charge in [-0.1, -0.05) is 56.3 Å². The van der Waals surface area contributed by atoms with Gasteiger partial charge in [0.25, 0.3) is 0 Å². The van der Waals surface area contributed by atoms with Crippen LogP contribution in [0.4, 0.5) is 0 Å². The lowest BCUT2D eigenvalue weighted by atomic mass is 9.80. The summed E-state index contributed by atoms with van der Waals surface area (Å²) < 4.78 is 11.9. The first-order valence-corrected chi connectivity index (χ1v) is 8.02. The molecule has 3 atom stereocenters. The molecule has 1 aliphatic heterocycles. The maximum atomic E-state index is 12.9. The van der Waals surface area contributed by atoms with Crippen molar-refractivity contribution < 1.29 is 19.5 Å². The highest BCUT2D eigenvalue weighted by molar-refractivity contribution is 5.89. The Labute approximate surface area is 136 Å². The standard InChI is InChI=1S/C18H23NO4/c1-17(2,3)16-22-15(20)18(23-16,12-7-5-4-6-8-12)13-9-10-14(11-13)19-21/h4-8,13,16,21H,9-11H2,1-3H3/t13-,16+,18+/m1/s1. The van der Waals surface area contributed by atoms with Crippen molar-refractivity contribution in [3.8, 4) is 0 Å². The molecule has 1 aromatic rings. The van der Waals surface area contributed by atoms with Crippen molar-refractivity contribution in [3.63, 3.8) is 0 Å². The predicted molar refractivity (Wildman–Crippen MR) is 85.1 cm³/mol. The minimum atomic E-state index is -1.12. The lowest BCUT2D eigenvalue weighted by Gasteiger charge is -2.32.